The van der Waals surface area contributed by atoms with Crippen molar-refractivity contribution < 1.29 is 47.2 Å². The van der Waals surface area contributed by atoms with Crippen molar-refractivity contribution in [1.82, 2.24) is 39.0 Å². The third-order valence-electron chi connectivity index (χ3n) is 7.22. The summed E-state index contributed by atoms with van der Waals surface area (Å²) in [6.07, 6.45) is -6.82. The molecule has 4 aromatic heterocycles. The van der Waals surface area contributed by atoms with E-state index in [1.165, 1.54) is 28.1 Å². The van der Waals surface area contributed by atoms with Gasteiger partial charge in [0.05, 0.1) is 19.3 Å². The van der Waals surface area contributed by atoms with Crippen LogP contribution in [-0.4, -0.2) is 104 Å². The van der Waals surface area contributed by atoms with Crippen LogP contribution in [0.15, 0.2) is 23.8 Å². The van der Waals surface area contributed by atoms with Crippen molar-refractivity contribution in [3.05, 3.63) is 29.3 Å². The van der Waals surface area contributed by atoms with Gasteiger partial charge in [-0.05, 0) is 11.8 Å². The zero-order chi connectivity index (χ0) is 30.9. The van der Waals surface area contributed by atoms with Gasteiger partial charge in [0.25, 0.3) is 5.56 Å². The fraction of sp³-hybridized carbons (Fsp3) is 0.500. The maximum Gasteiger partial charge on any atom is 0.697 e. The number of rotatable bonds is 2. The fourth-order valence-corrected chi connectivity index (χ4v) is 7.41. The molecule has 7 rings (SSSR count). The van der Waals surface area contributed by atoms with Gasteiger partial charge in [0.1, 0.15) is 49.0 Å². The van der Waals surface area contributed by atoms with Crippen molar-refractivity contribution >= 4 is 60.9 Å². The second kappa shape index (κ2) is 11.1. The van der Waals surface area contributed by atoms with Crippen LogP contribution in [0.1, 0.15) is 12.5 Å². The maximum absolute atomic E-state index is 12.9. The zero-order valence-corrected chi connectivity index (χ0v) is 24.6. The number of ether oxygens (including phenoxy) is 2. The van der Waals surface area contributed by atoms with Gasteiger partial charge in [0.2, 0.25) is 5.95 Å². The Balaban J connectivity index is 1.18. The van der Waals surface area contributed by atoms with Gasteiger partial charge in [-0.1, -0.05) is 0 Å². The van der Waals surface area contributed by atoms with Gasteiger partial charge >= 0.3 is 15.0 Å². The molecular weight excluding hydrogens is 650 g/mol. The lowest BCUT2D eigenvalue weighted by atomic mass is 10.1. The third-order valence-corrected chi connectivity index (χ3v) is 9.55. The highest BCUT2D eigenvalue weighted by Crippen LogP contribution is 2.51. The van der Waals surface area contributed by atoms with E-state index in [1.54, 1.807) is 0 Å². The van der Waals surface area contributed by atoms with Crippen LogP contribution in [0.3, 0.4) is 0 Å². The summed E-state index contributed by atoms with van der Waals surface area (Å²) in [7, 11) is -2.94. The molecule has 0 aliphatic carbocycles. The van der Waals surface area contributed by atoms with Crippen LogP contribution < -0.4 is 17.0 Å². The molecule has 7 heterocycles. The monoisotopic (exact) mass is 673 g/mol. The molecule has 8 N–H and O–H groups in total. The van der Waals surface area contributed by atoms with E-state index >= 15 is 0 Å². The van der Waals surface area contributed by atoms with Crippen LogP contribution in [0.25, 0.3) is 22.3 Å². The predicted octanol–water partition coefficient (Wildman–Crippen LogP) is -1.67. The van der Waals surface area contributed by atoms with Gasteiger partial charge in [0.15, 0.2) is 41.2 Å². The molecule has 0 radical (unpaired) electrons. The average molecular weight is 673 g/mol. The van der Waals surface area contributed by atoms with E-state index in [1.807, 2.05) is 0 Å². The van der Waals surface area contributed by atoms with Crippen molar-refractivity contribution in [3.63, 3.8) is 0 Å². The molecule has 0 spiro atoms. The fourth-order valence-electron chi connectivity index (χ4n) is 5.21. The Bertz CT molecular complexity index is 1870. The number of H-pyrrole nitrogens is 1. The Morgan fingerprint density at radius 3 is 2.50 bits per heavy atom. The smallest absolute Gasteiger partial charge is 0.387 e. The van der Waals surface area contributed by atoms with Crippen LogP contribution >= 0.6 is 15.0 Å². The highest BCUT2D eigenvalue weighted by Gasteiger charge is 2.54. The Hall–Kier alpha value is -3.11. The summed E-state index contributed by atoms with van der Waals surface area (Å²) in [6.45, 7) is -5.22. The minimum Gasteiger partial charge on any atom is -0.387 e. The molecule has 2 bridgehead atoms. The minimum atomic E-state index is -4.20. The van der Waals surface area contributed by atoms with Gasteiger partial charge in [-0.2, -0.15) is 4.98 Å². The largest absolute Gasteiger partial charge is 0.697 e. The van der Waals surface area contributed by atoms with Gasteiger partial charge in [-0.15, -0.1) is 9.05 Å². The first-order valence-electron chi connectivity index (χ1n) is 12.8. The van der Waals surface area contributed by atoms with E-state index in [2.05, 4.69) is 29.9 Å². The Morgan fingerprint density at radius 2 is 1.70 bits per heavy atom. The Labute approximate surface area is 250 Å². The number of aromatic nitrogens is 8. The number of hydrogen-bond acceptors (Lipinski definition) is 18. The summed E-state index contributed by atoms with van der Waals surface area (Å²) >= 11 is 5.24. The topological polar surface area (TPSA) is 292 Å². The number of aliphatic hydroxyl groups is 2. The second-order valence-electron chi connectivity index (χ2n) is 9.89. The molecule has 44 heavy (non-hydrogen) atoms. The lowest BCUT2D eigenvalue weighted by Crippen LogP contribution is -2.35. The standard InChI is InChI=1S/C20H22N10O11P2S/c21-14-8-15(24-3-23-14)29(4-25-8)18-11(32)12-7(39-18)2-37-43(35,44)41-13-10(31)6(1-36-42(34)40-12)38-19(13)30-5-26-9-16(30)27-20(22)28-17(9)33/h3-7,10-13,18-19,31-32H,1-2H2,(H5-,21,22,23,24,27,28,33,35,44)/p+1/t6-,7-,10-,11-,12-,13-,18-,19-,43?/m1/s1. The molecule has 24 heteroatoms. The molecule has 21 nitrogen and oxygen atoms in total. The van der Waals surface area contributed by atoms with Gasteiger partial charge in [0, 0.05) is 4.57 Å². The zero-order valence-electron chi connectivity index (χ0n) is 22.0. The third kappa shape index (κ3) is 5.07. The normalized spacial score (nSPS) is 35.8. The molecule has 3 fully saturated rings. The van der Waals surface area contributed by atoms with Crippen LogP contribution in [0.4, 0.5) is 11.8 Å². The molecular formula is C20H23N10O11P2S+. The number of anilines is 2. The molecule has 234 valence electrons. The van der Waals surface area contributed by atoms with Crippen LogP contribution in [0.5, 0.6) is 0 Å². The van der Waals surface area contributed by atoms with E-state index in [4.69, 9.17) is 50.8 Å². The number of nitrogens with one attached hydrogen (secondary N) is 1. The number of fused-ring (bicyclic) bond motifs is 5. The minimum absolute atomic E-state index is 0.0115. The van der Waals surface area contributed by atoms with E-state index in [0.717, 1.165) is 0 Å². The highest BCUT2D eigenvalue weighted by atomic mass is 32.5. The first kappa shape index (κ1) is 29.6. The van der Waals surface area contributed by atoms with Crippen molar-refractivity contribution in [1.29, 1.82) is 0 Å². The van der Waals surface area contributed by atoms with Gasteiger partial charge < -0.3 is 40.6 Å². The average Bonchev–Trinajstić information content (AvgIpc) is 3.72. The van der Waals surface area contributed by atoms with Crippen LogP contribution in [-0.2, 0) is 43.9 Å². The first-order chi connectivity index (χ1) is 21.0. The maximum atomic E-state index is 12.9. The molecule has 0 amide bonds. The van der Waals surface area contributed by atoms with Crippen LogP contribution in [0, 0.1) is 0 Å². The van der Waals surface area contributed by atoms with Crippen molar-refractivity contribution in [3.8, 4) is 0 Å². The molecule has 10 atom stereocenters. The second-order valence-corrected chi connectivity index (χ2v) is 13.6. The number of nitrogen functional groups attached to an aromatic ring is 2. The summed E-state index contributed by atoms with van der Waals surface area (Å²) in [5.74, 6) is -0.108. The Kier molecular flexibility index (Phi) is 7.43. The van der Waals surface area contributed by atoms with Crippen LogP contribution in [0.2, 0.25) is 0 Å². The number of nitrogens with two attached hydrogens (primary N) is 2. The van der Waals surface area contributed by atoms with Gasteiger partial charge in [-0.3, -0.25) is 23.4 Å². The number of nitrogens with zero attached hydrogens (tertiary/aromatic N) is 7. The molecule has 0 aromatic carbocycles. The summed E-state index contributed by atoms with van der Waals surface area (Å²) in [5.41, 5.74) is 11.3. The summed E-state index contributed by atoms with van der Waals surface area (Å²) < 4.78 is 49.7. The summed E-state index contributed by atoms with van der Waals surface area (Å²) in [6, 6.07) is 0. The van der Waals surface area contributed by atoms with E-state index < -0.39 is 82.8 Å². The lowest BCUT2D eigenvalue weighted by Gasteiger charge is -2.26. The lowest BCUT2D eigenvalue weighted by molar-refractivity contribution is -0.0591. The Morgan fingerprint density at radius 1 is 0.977 bits per heavy atom. The summed E-state index contributed by atoms with van der Waals surface area (Å²) in [5, 5.41) is 22.3. The number of imidazole rings is 2. The van der Waals surface area contributed by atoms with E-state index in [-0.39, 0.29) is 34.1 Å². The number of aliphatic hydroxyl groups excluding tert-OH is 2. The summed E-state index contributed by atoms with van der Waals surface area (Å²) in [4.78, 5) is 46.0. The van der Waals surface area contributed by atoms with Crippen molar-refractivity contribution in [2.24, 2.45) is 0 Å². The van der Waals surface area contributed by atoms with E-state index in [9.17, 15) is 24.5 Å². The van der Waals surface area contributed by atoms with E-state index in [0.29, 0.717) is 0 Å². The molecule has 2 unspecified atom stereocenters. The SMILES string of the molecule is Nc1nc2c(ncn2[C@@H]2O[C@@H]3CO[P+](=O)O[C@H]4[C@@H](O)[C@H](n5cnc6c(N)ncnc65)O[C@@H]4COP(O)(=S)O[C@@H]2[C@@H]3O)c(=O)[nH]1. The molecule has 0 saturated carbocycles. The number of hydrogen-bond donors (Lipinski definition) is 6. The molecule has 4 aromatic rings. The molecule has 3 aliphatic heterocycles. The number of aromatic amines is 1. The molecule has 3 saturated heterocycles. The quantitative estimate of drug-likeness (QED) is 0.130. The van der Waals surface area contributed by atoms with Crippen molar-refractivity contribution in [2.45, 2.75) is 49.1 Å². The highest BCUT2D eigenvalue weighted by molar-refractivity contribution is 8.07. The predicted molar refractivity (Wildman–Crippen MR) is 148 cm³/mol. The van der Waals surface area contributed by atoms with Gasteiger partial charge in [-0.25, -0.2) is 19.9 Å². The molecule has 3 aliphatic rings. The first-order valence-corrected chi connectivity index (χ1v) is 16.4. The van der Waals surface area contributed by atoms with Crippen molar-refractivity contribution in [2.75, 3.05) is 24.7 Å².